The summed E-state index contributed by atoms with van der Waals surface area (Å²) in [6.07, 6.45) is 2.00. The highest BCUT2D eigenvalue weighted by molar-refractivity contribution is 6.04. The molecule has 0 fully saturated rings. The van der Waals surface area contributed by atoms with Crippen LogP contribution in [-0.4, -0.2) is 17.4 Å². The third-order valence-corrected chi connectivity index (χ3v) is 2.56. The summed E-state index contributed by atoms with van der Waals surface area (Å²) >= 11 is 0. The monoisotopic (exact) mass is 215 g/mol. The Bertz CT molecular complexity index is 450. The quantitative estimate of drug-likeness (QED) is 0.724. The number of hydrogen-bond donors (Lipinski definition) is 0. The molecule has 1 aromatic carbocycles. The topological polar surface area (TPSA) is 38.7 Å². The van der Waals surface area contributed by atoms with Gasteiger partial charge in [0.2, 0.25) is 5.90 Å². The number of esters is 1. The van der Waals surface area contributed by atoms with E-state index in [4.69, 9.17) is 4.74 Å². The van der Waals surface area contributed by atoms with Gasteiger partial charge in [-0.15, -0.1) is 0 Å². The number of cyclic esters (lactones) is 1. The fourth-order valence-electron chi connectivity index (χ4n) is 1.71. The van der Waals surface area contributed by atoms with Crippen LogP contribution in [0.15, 0.2) is 48.0 Å². The van der Waals surface area contributed by atoms with Crippen molar-refractivity contribution in [2.75, 3.05) is 0 Å². The highest BCUT2D eigenvalue weighted by Crippen LogP contribution is 2.24. The predicted molar refractivity (Wildman–Crippen MR) is 62.3 cm³/mol. The van der Waals surface area contributed by atoms with Crippen LogP contribution in [0.1, 0.15) is 12.5 Å². The zero-order valence-electron chi connectivity index (χ0n) is 9.14. The molecular weight excluding hydrogens is 202 g/mol. The predicted octanol–water partition coefficient (Wildman–Crippen LogP) is 2.13. The average molecular weight is 215 g/mol. The van der Waals surface area contributed by atoms with Crippen LogP contribution in [0, 0.1) is 0 Å². The Morgan fingerprint density at radius 1 is 1.44 bits per heavy atom. The van der Waals surface area contributed by atoms with Crippen molar-refractivity contribution in [3.8, 4) is 0 Å². The maximum Gasteiger partial charge on any atom is 0.340 e. The Kier molecular flexibility index (Phi) is 2.60. The van der Waals surface area contributed by atoms with E-state index in [0.29, 0.717) is 12.3 Å². The molecule has 0 aromatic heterocycles. The van der Waals surface area contributed by atoms with Crippen molar-refractivity contribution in [1.82, 2.24) is 0 Å². The smallest absolute Gasteiger partial charge is 0.340 e. The van der Waals surface area contributed by atoms with Crippen molar-refractivity contribution in [3.63, 3.8) is 0 Å². The summed E-state index contributed by atoms with van der Waals surface area (Å²) in [6, 6.07) is 9.77. The van der Waals surface area contributed by atoms with Crippen molar-refractivity contribution in [1.29, 1.82) is 0 Å². The average Bonchev–Trinajstić information content (AvgIpc) is 2.56. The van der Waals surface area contributed by atoms with Crippen molar-refractivity contribution in [2.24, 2.45) is 4.99 Å². The molecule has 1 atom stereocenters. The van der Waals surface area contributed by atoms with Gasteiger partial charge in [-0.3, -0.25) is 0 Å². The first-order chi connectivity index (χ1) is 7.64. The summed E-state index contributed by atoms with van der Waals surface area (Å²) in [5.74, 6) is -0.00492. The third-order valence-electron chi connectivity index (χ3n) is 2.56. The number of ether oxygens (including phenoxy) is 1. The van der Waals surface area contributed by atoms with E-state index in [-0.39, 0.29) is 5.97 Å². The molecule has 0 N–H and O–H groups in total. The Balaban J connectivity index is 2.24. The van der Waals surface area contributed by atoms with Crippen LogP contribution in [0.4, 0.5) is 0 Å². The molecule has 1 aliphatic rings. The third kappa shape index (κ3) is 1.89. The van der Waals surface area contributed by atoms with Gasteiger partial charge in [-0.2, -0.15) is 0 Å². The minimum Gasteiger partial charge on any atom is -0.406 e. The van der Waals surface area contributed by atoms with Crippen LogP contribution in [0.25, 0.3) is 0 Å². The Morgan fingerprint density at radius 2 is 2.12 bits per heavy atom. The molecule has 3 heteroatoms. The second-order valence-electron chi connectivity index (χ2n) is 3.98. The first-order valence-corrected chi connectivity index (χ1v) is 5.12. The van der Waals surface area contributed by atoms with Crippen molar-refractivity contribution in [2.45, 2.75) is 18.9 Å². The fraction of sp³-hybridized carbons (Fsp3) is 0.231. The van der Waals surface area contributed by atoms with Crippen LogP contribution >= 0.6 is 0 Å². The normalized spacial score (nSPS) is 23.8. The van der Waals surface area contributed by atoms with Gasteiger partial charge in [0.05, 0.1) is 0 Å². The summed E-state index contributed by atoms with van der Waals surface area (Å²) in [5, 5.41) is 0. The molecule has 3 nitrogen and oxygen atoms in total. The second-order valence-corrected chi connectivity index (χ2v) is 3.98. The Morgan fingerprint density at radius 3 is 2.69 bits per heavy atom. The maximum absolute atomic E-state index is 11.7. The minimum atomic E-state index is -0.815. The number of benzene rings is 1. The molecular formula is C13H13NO2. The molecule has 0 saturated heterocycles. The van der Waals surface area contributed by atoms with E-state index in [2.05, 4.69) is 11.6 Å². The summed E-state index contributed by atoms with van der Waals surface area (Å²) in [4.78, 5) is 15.9. The SMILES string of the molecule is C=CC1=N[C@@](C)(Cc2ccccc2)C(=O)O1. The molecule has 0 spiro atoms. The maximum atomic E-state index is 11.7. The number of nitrogens with zero attached hydrogens (tertiary/aromatic N) is 1. The molecule has 2 rings (SSSR count). The minimum absolute atomic E-state index is 0.309. The second kappa shape index (κ2) is 3.93. The van der Waals surface area contributed by atoms with Crippen molar-refractivity contribution < 1.29 is 9.53 Å². The van der Waals surface area contributed by atoms with E-state index in [1.165, 1.54) is 6.08 Å². The van der Waals surface area contributed by atoms with Crippen molar-refractivity contribution >= 4 is 11.9 Å². The number of rotatable bonds is 3. The molecule has 0 radical (unpaired) electrons. The summed E-state index contributed by atoms with van der Waals surface area (Å²) in [6.45, 7) is 5.32. The lowest BCUT2D eigenvalue weighted by Crippen LogP contribution is -2.32. The van der Waals surface area contributed by atoms with E-state index in [1.54, 1.807) is 6.92 Å². The molecule has 0 saturated carbocycles. The van der Waals surface area contributed by atoms with Crippen LogP contribution < -0.4 is 0 Å². The lowest BCUT2D eigenvalue weighted by Gasteiger charge is -2.15. The zero-order chi connectivity index (χ0) is 11.6. The standard InChI is InChI=1S/C13H13NO2/c1-3-11-14-13(2,12(15)16-11)9-10-7-5-4-6-8-10/h3-8H,1,9H2,2H3/t13-/m0/s1. The van der Waals surface area contributed by atoms with Crippen molar-refractivity contribution in [3.05, 3.63) is 48.6 Å². The van der Waals surface area contributed by atoms with Gasteiger partial charge in [0.15, 0.2) is 5.54 Å². The van der Waals surface area contributed by atoms with Gasteiger partial charge < -0.3 is 4.74 Å². The lowest BCUT2D eigenvalue weighted by atomic mass is 9.94. The van der Waals surface area contributed by atoms with Gasteiger partial charge in [0, 0.05) is 6.42 Å². The van der Waals surface area contributed by atoms with Gasteiger partial charge >= 0.3 is 5.97 Å². The molecule has 0 aliphatic carbocycles. The molecule has 1 aromatic rings. The summed E-state index contributed by atoms with van der Waals surface area (Å²) in [5.41, 5.74) is 0.251. The Hall–Kier alpha value is -1.90. The largest absolute Gasteiger partial charge is 0.406 e. The molecule has 82 valence electrons. The summed E-state index contributed by atoms with van der Waals surface area (Å²) < 4.78 is 4.99. The van der Waals surface area contributed by atoms with E-state index >= 15 is 0 Å². The molecule has 1 aliphatic heterocycles. The van der Waals surface area contributed by atoms with E-state index in [1.807, 2.05) is 30.3 Å². The van der Waals surface area contributed by atoms with E-state index in [9.17, 15) is 4.79 Å². The van der Waals surface area contributed by atoms with Crippen LogP contribution in [0.3, 0.4) is 0 Å². The highest BCUT2D eigenvalue weighted by Gasteiger charge is 2.40. The Labute approximate surface area is 94.5 Å². The first-order valence-electron chi connectivity index (χ1n) is 5.12. The van der Waals surface area contributed by atoms with Crippen LogP contribution in [0.5, 0.6) is 0 Å². The van der Waals surface area contributed by atoms with Gasteiger partial charge in [-0.05, 0) is 18.6 Å². The highest BCUT2D eigenvalue weighted by atomic mass is 16.6. The fourth-order valence-corrected chi connectivity index (χ4v) is 1.71. The van der Waals surface area contributed by atoms with Gasteiger partial charge in [-0.1, -0.05) is 36.9 Å². The molecule has 16 heavy (non-hydrogen) atoms. The first kappa shape index (κ1) is 10.6. The van der Waals surface area contributed by atoms with Gasteiger partial charge in [0.25, 0.3) is 0 Å². The summed E-state index contributed by atoms with van der Waals surface area (Å²) in [7, 11) is 0. The molecule has 0 amide bonds. The molecule has 0 bridgehead atoms. The number of hydrogen-bond acceptors (Lipinski definition) is 3. The van der Waals surface area contributed by atoms with E-state index < -0.39 is 5.54 Å². The zero-order valence-corrected chi connectivity index (χ0v) is 9.14. The van der Waals surface area contributed by atoms with Gasteiger partial charge in [0.1, 0.15) is 0 Å². The molecule has 0 unspecified atom stereocenters. The van der Waals surface area contributed by atoms with Crippen LogP contribution in [-0.2, 0) is 16.0 Å². The van der Waals surface area contributed by atoms with E-state index in [0.717, 1.165) is 5.56 Å². The van der Waals surface area contributed by atoms with Gasteiger partial charge in [-0.25, -0.2) is 9.79 Å². The lowest BCUT2D eigenvalue weighted by molar-refractivity contribution is -0.138. The molecule has 1 heterocycles. The number of aliphatic imine (C=N–C) groups is 1. The van der Waals surface area contributed by atoms with Crippen LogP contribution in [0.2, 0.25) is 0 Å². The number of carbonyl (C=O) groups excluding carboxylic acids is 1. The number of carbonyl (C=O) groups is 1.